The molecule has 5 aromatic heterocycles. The van der Waals surface area contributed by atoms with Gasteiger partial charge in [0.05, 0.1) is 17.1 Å². The first-order valence-electron chi connectivity index (χ1n) is 20.9. The Hall–Kier alpha value is -7.11. The van der Waals surface area contributed by atoms with Gasteiger partial charge in [-0.25, -0.2) is 0 Å². The van der Waals surface area contributed by atoms with Crippen molar-refractivity contribution in [3.63, 3.8) is 0 Å². The van der Waals surface area contributed by atoms with E-state index >= 15 is 0 Å². The van der Waals surface area contributed by atoms with E-state index in [0.29, 0.717) is 5.92 Å². The summed E-state index contributed by atoms with van der Waals surface area (Å²) in [5, 5.41) is 7.29. The summed E-state index contributed by atoms with van der Waals surface area (Å²) in [6.07, 6.45) is 13.0. The summed E-state index contributed by atoms with van der Waals surface area (Å²) in [4.78, 5) is 4.79. The van der Waals surface area contributed by atoms with Crippen molar-refractivity contribution in [3.05, 3.63) is 175 Å². The summed E-state index contributed by atoms with van der Waals surface area (Å²) in [5.41, 5.74) is 16.2. The third kappa shape index (κ3) is 4.94. The summed E-state index contributed by atoms with van der Waals surface area (Å²) < 4.78 is 17.9. The summed E-state index contributed by atoms with van der Waals surface area (Å²) in [5.74, 6) is 1.67. The summed E-state index contributed by atoms with van der Waals surface area (Å²) in [6.45, 7) is 2.40. The van der Waals surface area contributed by atoms with E-state index in [1.807, 2.05) is 12.4 Å². The molecule has 59 heavy (non-hydrogen) atoms. The van der Waals surface area contributed by atoms with Crippen LogP contribution in [0.5, 0.6) is 0 Å². The fraction of sp³-hybridized carbons (Fsp3) is 0.130. The average molecular weight is 762 g/mol. The molecule has 5 heterocycles. The van der Waals surface area contributed by atoms with Crippen molar-refractivity contribution >= 4 is 71.7 Å². The second-order valence-electron chi connectivity index (χ2n) is 16.8. The van der Waals surface area contributed by atoms with Gasteiger partial charge in [-0.05, 0) is 115 Å². The minimum Gasteiger partial charge on any atom is -0.456 e. The van der Waals surface area contributed by atoms with E-state index in [1.54, 1.807) is 5.56 Å². The number of hydrogen-bond donors (Lipinski definition) is 0. The van der Waals surface area contributed by atoms with Gasteiger partial charge in [0.25, 0.3) is 0 Å². The van der Waals surface area contributed by atoms with Crippen molar-refractivity contribution in [2.45, 2.75) is 38.6 Å². The van der Waals surface area contributed by atoms with Crippen LogP contribution in [0, 0.1) is 5.92 Å². The molecule has 0 saturated carbocycles. The van der Waals surface area contributed by atoms with E-state index in [0.717, 1.165) is 80.5 Å². The zero-order valence-corrected chi connectivity index (χ0v) is 32.7. The SMILES string of the molecule is CC1CCc2c(n(C3C=Cc4oc5ccc(-c6cncc(-c7ccc8oc9ccc(-n%10c%11ccccc%11c%11ccccc%11%10)cc9c8c7)c6)cc5c4C3)c3ccccc23)C1. The minimum absolute atomic E-state index is 0.239. The van der Waals surface area contributed by atoms with Crippen LogP contribution in [0.15, 0.2) is 161 Å². The van der Waals surface area contributed by atoms with E-state index in [1.165, 1.54) is 55.8 Å². The third-order valence-electron chi connectivity index (χ3n) is 13.3. The van der Waals surface area contributed by atoms with Crippen LogP contribution in [-0.4, -0.2) is 14.1 Å². The van der Waals surface area contributed by atoms with Crippen LogP contribution in [0.2, 0.25) is 0 Å². The number of benzene rings is 6. The lowest BCUT2D eigenvalue weighted by molar-refractivity contribution is 0.466. The molecule has 0 radical (unpaired) electrons. The molecule has 2 unspecified atom stereocenters. The molecule has 0 amide bonds. The smallest absolute Gasteiger partial charge is 0.135 e. The van der Waals surface area contributed by atoms with Crippen molar-refractivity contribution in [3.8, 4) is 27.9 Å². The van der Waals surface area contributed by atoms with Gasteiger partial charge in [0.1, 0.15) is 22.5 Å². The van der Waals surface area contributed by atoms with Crippen LogP contribution in [0.1, 0.15) is 42.0 Å². The molecule has 0 fully saturated rings. The van der Waals surface area contributed by atoms with Gasteiger partial charge < -0.3 is 18.0 Å². The Balaban J connectivity index is 0.869. The van der Waals surface area contributed by atoms with Crippen molar-refractivity contribution in [1.82, 2.24) is 14.1 Å². The average Bonchev–Trinajstić information content (AvgIpc) is 4.03. The van der Waals surface area contributed by atoms with Crippen LogP contribution in [0.4, 0.5) is 0 Å². The number of nitrogens with zero attached hydrogens (tertiary/aromatic N) is 3. The Kier molecular flexibility index (Phi) is 6.94. The van der Waals surface area contributed by atoms with Crippen molar-refractivity contribution in [2.24, 2.45) is 5.92 Å². The maximum atomic E-state index is 6.48. The first-order chi connectivity index (χ1) is 29.1. The van der Waals surface area contributed by atoms with Gasteiger partial charge in [-0.1, -0.05) is 79.7 Å². The second-order valence-corrected chi connectivity index (χ2v) is 16.8. The number of allylic oxidation sites excluding steroid dienone is 1. The molecule has 0 spiro atoms. The molecule has 2 aliphatic rings. The van der Waals surface area contributed by atoms with Crippen LogP contribution in [0.3, 0.4) is 0 Å². The minimum atomic E-state index is 0.239. The number of pyridine rings is 1. The third-order valence-corrected chi connectivity index (χ3v) is 13.3. The van der Waals surface area contributed by atoms with Crippen LogP contribution in [0.25, 0.3) is 99.6 Å². The lowest BCUT2D eigenvalue weighted by Crippen LogP contribution is -2.19. The number of furan rings is 2. The molecule has 282 valence electrons. The summed E-state index contributed by atoms with van der Waals surface area (Å²) in [6, 6.07) is 48.4. The fourth-order valence-corrected chi connectivity index (χ4v) is 10.5. The van der Waals surface area contributed by atoms with Crippen molar-refractivity contribution < 1.29 is 8.83 Å². The van der Waals surface area contributed by atoms with Crippen LogP contribution in [-0.2, 0) is 19.3 Å². The molecule has 13 rings (SSSR count). The quantitative estimate of drug-likeness (QED) is 0.179. The first-order valence-corrected chi connectivity index (χ1v) is 20.9. The van der Waals surface area contributed by atoms with Crippen molar-refractivity contribution in [2.75, 3.05) is 0 Å². The van der Waals surface area contributed by atoms with Gasteiger partial charge in [0.2, 0.25) is 0 Å². The summed E-state index contributed by atoms with van der Waals surface area (Å²) in [7, 11) is 0. The van der Waals surface area contributed by atoms with Gasteiger partial charge in [0.15, 0.2) is 0 Å². The summed E-state index contributed by atoms with van der Waals surface area (Å²) >= 11 is 0. The first kappa shape index (κ1) is 32.9. The molecule has 2 aliphatic carbocycles. The fourth-order valence-electron chi connectivity index (χ4n) is 10.5. The monoisotopic (exact) mass is 761 g/mol. The van der Waals surface area contributed by atoms with E-state index in [9.17, 15) is 0 Å². The number of para-hydroxylation sites is 3. The topological polar surface area (TPSA) is 49.0 Å². The van der Waals surface area contributed by atoms with Gasteiger partial charge in [-0.3, -0.25) is 4.98 Å². The molecular weight excluding hydrogens is 723 g/mol. The lowest BCUT2D eigenvalue weighted by Gasteiger charge is -2.26. The standard InChI is InChI=1S/C54H39N3O2/c1-32-14-19-42-41-10-4-7-13-49(41)57(50(42)24-32)38-18-23-54-46(29-38)44-27-34(16-21-52(44)59-54)36-25-35(30-55-31-36)33-15-20-51-43(26-33)45-28-37(17-22-53(45)58-51)56-47-11-5-2-8-39(47)40-9-3-6-12-48(40)56/h2-13,15-18,20-23,25-28,30-32,38H,14,19,24,29H2,1H3. The lowest BCUT2D eigenvalue weighted by atomic mass is 9.87. The highest BCUT2D eigenvalue weighted by molar-refractivity contribution is 6.11. The molecule has 0 aliphatic heterocycles. The van der Waals surface area contributed by atoms with Gasteiger partial charge in [-0.2, -0.15) is 0 Å². The molecule has 2 atom stereocenters. The van der Waals surface area contributed by atoms with Crippen LogP contribution >= 0.6 is 0 Å². The second kappa shape index (κ2) is 12.4. The van der Waals surface area contributed by atoms with E-state index in [4.69, 9.17) is 13.8 Å². The maximum absolute atomic E-state index is 6.48. The number of aryl methyl sites for hydroxylation is 1. The molecule has 0 N–H and O–H groups in total. The highest BCUT2D eigenvalue weighted by Gasteiger charge is 2.29. The van der Waals surface area contributed by atoms with Gasteiger partial charge in [-0.15, -0.1) is 0 Å². The highest BCUT2D eigenvalue weighted by Crippen LogP contribution is 2.43. The van der Waals surface area contributed by atoms with E-state index in [-0.39, 0.29) is 6.04 Å². The Morgan fingerprint density at radius 1 is 0.542 bits per heavy atom. The van der Waals surface area contributed by atoms with E-state index < -0.39 is 0 Å². The molecule has 0 bridgehead atoms. The molecule has 5 heteroatoms. The molecule has 0 saturated heterocycles. The Morgan fingerprint density at radius 2 is 1.17 bits per heavy atom. The van der Waals surface area contributed by atoms with Crippen molar-refractivity contribution in [1.29, 1.82) is 0 Å². The highest BCUT2D eigenvalue weighted by atomic mass is 16.3. The molecule has 5 nitrogen and oxygen atoms in total. The molecule has 6 aromatic carbocycles. The predicted octanol–water partition coefficient (Wildman–Crippen LogP) is 14.0. The predicted molar refractivity (Wildman–Crippen MR) is 241 cm³/mol. The molecule has 11 aromatic rings. The van der Waals surface area contributed by atoms with Gasteiger partial charge >= 0.3 is 0 Å². The van der Waals surface area contributed by atoms with E-state index in [2.05, 4.69) is 162 Å². The van der Waals surface area contributed by atoms with Gasteiger partial charge in [0, 0.05) is 84.7 Å². The Morgan fingerprint density at radius 3 is 1.92 bits per heavy atom. The maximum Gasteiger partial charge on any atom is 0.135 e. The number of rotatable bonds is 4. The van der Waals surface area contributed by atoms with Crippen LogP contribution < -0.4 is 0 Å². The normalized spacial score (nSPS) is 16.6. The number of fused-ring (bicyclic) bond motifs is 12. The Labute approximate surface area is 340 Å². The zero-order valence-electron chi connectivity index (χ0n) is 32.7. The number of hydrogen-bond acceptors (Lipinski definition) is 3. The Bertz CT molecular complexity index is 3500. The largest absolute Gasteiger partial charge is 0.456 e. The zero-order chi connectivity index (χ0) is 38.8. The molecular formula is C54H39N3O2. The number of aromatic nitrogens is 3.